The first-order valence-electron chi connectivity index (χ1n) is 9.33. The topological polar surface area (TPSA) is 74.8 Å². The van der Waals surface area contributed by atoms with Crippen molar-refractivity contribution in [2.45, 2.75) is 58.1 Å². The summed E-state index contributed by atoms with van der Waals surface area (Å²) in [5.41, 5.74) is 0.325. The van der Waals surface area contributed by atoms with E-state index < -0.39 is 5.60 Å². The van der Waals surface area contributed by atoms with Crippen LogP contribution in [0.3, 0.4) is 0 Å². The molecule has 0 saturated carbocycles. The molecule has 2 amide bonds. The Bertz CT molecular complexity index is 682. The van der Waals surface area contributed by atoms with Crippen LogP contribution in [0.2, 0.25) is 0 Å². The number of anilines is 1. The van der Waals surface area contributed by atoms with Crippen LogP contribution in [-0.2, 0) is 4.74 Å². The quantitative estimate of drug-likeness (QED) is 0.849. The van der Waals surface area contributed by atoms with Crippen molar-refractivity contribution in [3.63, 3.8) is 0 Å². The van der Waals surface area contributed by atoms with Crippen molar-refractivity contribution < 1.29 is 14.3 Å². The lowest BCUT2D eigenvalue weighted by Gasteiger charge is -2.37. The van der Waals surface area contributed by atoms with Crippen LogP contribution < -0.4 is 5.32 Å². The molecule has 1 aromatic heterocycles. The van der Waals surface area contributed by atoms with Crippen LogP contribution in [0, 0.1) is 6.92 Å². The molecule has 2 aliphatic rings. The Hall–Kier alpha value is -1.83. The Morgan fingerprint density at radius 1 is 1.42 bits per heavy atom. The molecule has 1 atom stereocenters. The van der Waals surface area contributed by atoms with Gasteiger partial charge in [-0.05, 0) is 20.3 Å². The van der Waals surface area contributed by atoms with Gasteiger partial charge in [-0.1, -0.05) is 24.7 Å². The first kappa shape index (κ1) is 18.9. The molecule has 2 aliphatic heterocycles. The number of likely N-dealkylation sites (tertiary alicyclic amines) is 1. The number of thiazole rings is 1. The molecule has 144 valence electrons. The number of nitrogens with zero attached hydrogens (tertiary/aromatic N) is 3. The highest BCUT2D eigenvalue weighted by atomic mass is 32.1. The number of carbonyl (C=O) groups excluding carboxylic acids is 2. The van der Waals surface area contributed by atoms with E-state index in [-0.39, 0.29) is 18.0 Å². The van der Waals surface area contributed by atoms with Gasteiger partial charge in [0.15, 0.2) is 5.13 Å². The number of carbonyl (C=O) groups is 2. The predicted octanol–water partition coefficient (Wildman–Crippen LogP) is 3.11. The summed E-state index contributed by atoms with van der Waals surface area (Å²) in [6.07, 6.45) is 3.20. The Morgan fingerprint density at radius 2 is 2.12 bits per heavy atom. The van der Waals surface area contributed by atoms with E-state index in [0.717, 1.165) is 23.7 Å². The van der Waals surface area contributed by atoms with Gasteiger partial charge in [0.1, 0.15) is 10.5 Å². The molecule has 1 spiro atoms. The van der Waals surface area contributed by atoms with Gasteiger partial charge in [0, 0.05) is 39.0 Å². The summed E-state index contributed by atoms with van der Waals surface area (Å²) < 4.78 is 5.78. The lowest BCUT2D eigenvalue weighted by atomic mass is 9.91. The molecule has 3 rings (SSSR count). The zero-order valence-corrected chi connectivity index (χ0v) is 16.8. The van der Waals surface area contributed by atoms with Crippen molar-refractivity contribution in [2.75, 3.05) is 32.0 Å². The molecule has 0 aliphatic carbocycles. The van der Waals surface area contributed by atoms with E-state index in [1.54, 1.807) is 7.05 Å². The van der Waals surface area contributed by atoms with Crippen molar-refractivity contribution in [2.24, 2.45) is 0 Å². The smallest absolute Gasteiger partial charge is 0.410 e. The van der Waals surface area contributed by atoms with Crippen LogP contribution >= 0.6 is 11.3 Å². The average molecular weight is 381 g/mol. The first-order chi connectivity index (χ1) is 12.4. The van der Waals surface area contributed by atoms with Crippen LogP contribution in [0.25, 0.3) is 0 Å². The number of ether oxygens (including phenoxy) is 1. The van der Waals surface area contributed by atoms with Crippen LogP contribution in [-0.4, -0.2) is 65.1 Å². The summed E-state index contributed by atoms with van der Waals surface area (Å²) in [7, 11) is 1.80. The average Bonchev–Trinajstić information content (AvgIpc) is 3.15. The molecule has 26 heavy (non-hydrogen) atoms. The highest BCUT2D eigenvalue weighted by Crippen LogP contribution is 2.35. The fourth-order valence-electron chi connectivity index (χ4n) is 3.78. The van der Waals surface area contributed by atoms with E-state index in [4.69, 9.17) is 4.74 Å². The number of aryl methyl sites for hydroxylation is 1. The summed E-state index contributed by atoms with van der Waals surface area (Å²) in [4.78, 5) is 33.9. The summed E-state index contributed by atoms with van der Waals surface area (Å²) in [6, 6.07) is 0.200. The lowest BCUT2D eigenvalue weighted by Crippen LogP contribution is -2.49. The van der Waals surface area contributed by atoms with Gasteiger partial charge in [0.25, 0.3) is 5.91 Å². The molecule has 1 N–H and O–H groups in total. The van der Waals surface area contributed by atoms with Gasteiger partial charge in [-0.3, -0.25) is 4.79 Å². The van der Waals surface area contributed by atoms with Crippen molar-refractivity contribution in [3.05, 3.63) is 10.6 Å². The molecule has 3 heterocycles. The molecule has 0 aromatic carbocycles. The minimum absolute atomic E-state index is 0.0249. The number of hydrogen-bond donors (Lipinski definition) is 1. The number of piperidine rings is 1. The van der Waals surface area contributed by atoms with Gasteiger partial charge in [0.2, 0.25) is 0 Å². The van der Waals surface area contributed by atoms with Crippen LogP contribution in [0.15, 0.2) is 0 Å². The molecule has 0 bridgehead atoms. The highest BCUT2D eigenvalue weighted by molar-refractivity contribution is 7.17. The van der Waals surface area contributed by atoms with Crippen molar-refractivity contribution >= 4 is 28.5 Å². The minimum atomic E-state index is -0.436. The normalized spacial score (nSPS) is 20.4. The summed E-state index contributed by atoms with van der Waals surface area (Å²) in [5, 5.41) is 3.74. The Morgan fingerprint density at radius 3 is 2.69 bits per heavy atom. The second-order valence-corrected chi connectivity index (χ2v) is 8.29. The third-order valence-corrected chi connectivity index (χ3v) is 6.56. The number of nitrogens with one attached hydrogen (secondary N) is 1. The second-order valence-electron chi connectivity index (χ2n) is 7.29. The van der Waals surface area contributed by atoms with E-state index in [1.807, 2.05) is 16.7 Å². The molecule has 7 nitrogen and oxygen atoms in total. The molecular formula is C18H28N4O3S. The Balaban J connectivity index is 1.63. The molecule has 0 unspecified atom stereocenters. The van der Waals surface area contributed by atoms with E-state index in [1.165, 1.54) is 11.3 Å². The minimum Gasteiger partial charge on any atom is -0.441 e. The van der Waals surface area contributed by atoms with Gasteiger partial charge in [0.05, 0.1) is 12.2 Å². The molecule has 1 aromatic rings. The molecule has 2 fully saturated rings. The fourth-order valence-corrected chi connectivity index (χ4v) is 4.67. The van der Waals surface area contributed by atoms with Gasteiger partial charge in [-0.2, -0.15) is 0 Å². The third-order valence-electron chi connectivity index (χ3n) is 5.40. The number of rotatable bonds is 5. The van der Waals surface area contributed by atoms with E-state index in [0.29, 0.717) is 37.4 Å². The maximum atomic E-state index is 12.8. The maximum Gasteiger partial charge on any atom is 0.410 e. The van der Waals surface area contributed by atoms with Gasteiger partial charge >= 0.3 is 6.09 Å². The lowest BCUT2D eigenvalue weighted by molar-refractivity contribution is 0.00319. The predicted molar refractivity (Wildman–Crippen MR) is 102 cm³/mol. The standard InChI is InChI=1S/C18H28N4O3S/c1-5-6-12(2)22-11-18(25-17(22)24)7-9-21(10-8-18)15(23)14-13(3)20-16(19-4)26-14/h12H,5-11H2,1-4H3,(H,19,20)/t12-/m1/s1. The van der Waals surface area contributed by atoms with Gasteiger partial charge in [-0.25, -0.2) is 9.78 Å². The Labute approximate surface area is 158 Å². The monoisotopic (exact) mass is 380 g/mol. The fraction of sp³-hybridized carbons (Fsp3) is 0.722. The molecule has 0 radical (unpaired) electrons. The Kier molecular flexibility index (Phi) is 5.41. The molecular weight excluding hydrogens is 352 g/mol. The largest absolute Gasteiger partial charge is 0.441 e. The van der Waals surface area contributed by atoms with Crippen molar-refractivity contribution in [1.82, 2.24) is 14.8 Å². The van der Waals surface area contributed by atoms with E-state index in [2.05, 4.69) is 24.1 Å². The molecule has 8 heteroatoms. The zero-order chi connectivity index (χ0) is 18.9. The summed E-state index contributed by atoms with van der Waals surface area (Å²) in [6.45, 7) is 7.91. The van der Waals surface area contributed by atoms with Crippen LogP contribution in [0.4, 0.5) is 9.93 Å². The first-order valence-corrected chi connectivity index (χ1v) is 10.1. The van der Waals surface area contributed by atoms with Crippen LogP contribution in [0.5, 0.6) is 0 Å². The molecule has 2 saturated heterocycles. The van der Waals surface area contributed by atoms with Crippen molar-refractivity contribution in [1.29, 1.82) is 0 Å². The van der Waals surface area contributed by atoms with Gasteiger partial charge < -0.3 is 19.9 Å². The number of amides is 2. The van der Waals surface area contributed by atoms with Gasteiger partial charge in [-0.15, -0.1) is 0 Å². The van der Waals surface area contributed by atoms with E-state index >= 15 is 0 Å². The summed E-state index contributed by atoms with van der Waals surface area (Å²) >= 11 is 1.39. The third kappa shape index (κ3) is 3.51. The SMILES string of the molecule is CCC[C@@H](C)N1CC2(CCN(C(=O)c3sc(NC)nc3C)CC2)OC1=O. The van der Waals surface area contributed by atoms with Crippen molar-refractivity contribution in [3.8, 4) is 0 Å². The highest BCUT2D eigenvalue weighted by Gasteiger charge is 2.48. The second kappa shape index (κ2) is 7.42. The maximum absolute atomic E-state index is 12.8. The van der Waals surface area contributed by atoms with Crippen LogP contribution in [0.1, 0.15) is 54.9 Å². The number of hydrogen-bond acceptors (Lipinski definition) is 6. The summed E-state index contributed by atoms with van der Waals surface area (Å²) in [5.74, 6) is 0.0249. The van der Waals surface area contributed by atoms with E-state index in [9.17, 15) is 9.59 Å². The number of aromatic nitrogens is 1. The zero-order valence-electron chi connectivity index (χ0n) is 16.0.